The van der Waals surface area contributed by atoms with Gasteiger partial charge in [0.25, 0.3) is 5.91 Å². The lowest BCUT2D eigenvalue weighted by molar-refractivity contribution is 0.0943. The molecule has 2 rings (SSSR count). The van der Waals surface area contributed by atoms with Crippen LogP contribution in [0.15, 0.2) is 36.5 Å². The number of hydrogen-bond acceptors (Lipinski definition) is 3. The Labute approximate surface area is 112 Å². The Hall–Kier alpha value is -2.30. The summed E-state index contributed by atoms with van der Waals surface area (Å²) in [5, 5.41) is 12.9. The molecule has 0 atom stereocenters. The summed E-state index contributed by atoms with van der Waals surface area (Å²) in [6.45, 7) is 4.56. The number of amides is 1. The highest BCUT2D eigenvalue weighted by atomic mass is 16.1. The minimum atomic E-state index is -0.0462. The average Bonchev–Trinajstić information content (AvgIpc) is 2.89. The predicted molar refractivity (Wildman–Crippen MR) is 75.0 cm³/mol. The fourth-order valence-electron chi connectivity index (χ4n) is 1.67. The van der Waals surface area contributed by atoms with Crippen LogP contribution in [-0.4, -0.2) is 22.1 Å². The summed E-state index contributed by atoms with van der Waals surface area (Å²) in [5.41, 5.74) is 2.65. The third-order valence-electron chi connectivity index (χ3n) is 2.61. The zero-order valence-electron chi connectivity index (χ0n) is 11.1. The molecule has 0 saturated carbocycles. The first-order valence-electron chi connectivity index (χ1n) is 6.28. The highest BCUT2D eigenvalue weighted by Crippen LogP contribution is 2.10. The van der Waals surface area contributed by atoms with Crippen molar-refractivity contribution >= 4 is 11.6 Å². The molecule has 0 aliphatic carbocycles. The van der Waals surface area contributed by atoms with Crippen LogP contribution in [0.5, 0.6) is 0 Å². The molecule has 19 heavy (non-hydrogen) atoms. The second-order valence-electron chi connectivity index (χ2n) is 4.64. The van der Waals surface area contributed by atoms with Crippen LogP contribution in [0.1, 0.15) is 29.9 Å². The largest absolute Gasteiger partial charge is 0.379 e. The van der Waals surface area contributed by atoms with E-state index in [0.29, 0.717) is 12.1 Å². The van der Waals surface area contributed by atoms with Crippen molar-refractivity contribution in [2.45, 2.75) is 26.4 Å². The van der Waals surface area contributed by atoms with Gasteiger partial charge in [0.05, 0.1) is 12.2 Å². The number of anilines is 1. The molecule has 2 aromatic rings. The minimum absolute atomic E-state index is 0.0462. The lowest BCUT2D eigenvalue weighted by atomic mass is 10.2. The molecule has 1 heterocycles. The van der Waals surface area contributed by atoms with Crippen LogP contribution < -0.4 is 10.6 Å². The molecule has 0 aliphatic rings. The highest BCUT2D eigenvalue weighted by molar-refractivity contribution is 5.94. The van der Waals surface area contributed by atoms with Gasteiger partial charge in [-0.1, -0.05) is 0 Å². The van der Waals surface area contributed by atoms with Gasteiger partial charge in [-0.05, 0) is 44.2 Å². The van der Waals surface area contributed by atoms with Crippen molar-refractivity contribution in [1.29, 1.82) is 0 Å². The van der Waals surface area contributed by atoms with Gasteiger partial charge in [-0.2, -0.15) is 5.10 Å². The number of rotatable bonds is 5. The van der Waals surface area contributed by atoms with Crippen LogP contribution in [0.3, 0.4) is 0 Å². The Morgan fingerprint density at radius 1 is 1.26 bits per heavy atom. The smallest absolute Gasteiger partial charge is 0.251 e. The zero-order valence-corrected chi connectivity index (χ0v) is 11.1. The first-order valence-corrected chi connectivity index (χ1v) is 6.28. The van der Waals surface area contributed by atoms with Gasteiger partial charge in [0.1, 0.15) is 0 Å². The quantitative estimate of drug-likeness (QED) is 0.769. The zero-order chi connectivity index (χ0) is 13.7. The van der Waals surface area contributed by atoms with E-state index in [9.17, 15) is 4.79 Å². The summed E-state index contributed by atoms with van der Waals surface area (Å²) in [7, 11) is 0. The van der Waals surface area contributed by atoms with Gasteiger partial charge in [0, 0.05) is 23.5 Å². The van der Waals surface area contributed by atoms with Gasteiger partial charge in [-0.3, -0.25) is 9.89 Å². The van der Waals surface area contributed by atoms with Gasteiger partial charge in [-0.15, -0.1) is 0 Å². The van der Waals surface area contributed by atoms with E-state index in [1.165, 1.54) is 0 Å². The topological polar surface area (TPSA) is 69.8 Å². The maximum atomic E-state index is 11.8. The van der Waals surface area contributed by atoms with E-state index in [1.54, 1.807) is 6.20 Å². The van der Waals surface area contributed by atoms with Crippen LogP contribution in [0.2, 0.25) is 0 Å². The maximum Gasteiger partial charge on any atom is 0.251 e. The number of aromatic amines is 1. The van der Waals surface area contributed by atoms with Crippen LogP contribution in [0.25, 0.3) is 0 Å². The fraction of sp³-hybridized carbons (Fsp3) is 0.286. The molecule has 0 radical (unpaired) electrons. The summed E-state index contributed by atoms with van der Waals surface area (Å²) in [6.07, 6.45) is 1.72. The lowest BCUT2D eigenvalue weighted by Gasteiger charge is -2.09. The Morgan fingerprint density at radius 2 is 2.00 bits per heavy atom. The summed E-state index contributed by atoms with van der Waals surface area (Å²) < 4.78 is 0. The SMILES string of the molecule is CC(C)NC(=O)c1ccc(NCc2ccn[nH]2)cc1. The Kier molecular flexibility index (Phi) is 4.18. The van der Waals surface area contributed by atoms with Crippen LogP contribution in [0, 0.1) is 0 Å². The Morgan fingerprint density at radius 3 is 2.58 bits per heavy atom. The Balaban J connectivity index is 1.92. The highest BCUT2D eigenvalue weighted by Gasteiger charge is 2.06. The number of nitrogens with zero attached hydrogens (tertiary/aromatic N) is 1. The molecule has 0 fully saturated rings. The minimum Gasteiger partial charge on any atom is -0.379 e. The van der Waals surface area contributed by atoms with Crippen molar-refractivity contribution in [2.75, 3.05) is 5.32 Å². The molecule has 0 saturated heterocycles. The van der Waals surface area contributed by atoms with Crippen molar-refractivity contribution in [3.05, 3.63) is 47.8 Å². The molecule has 1 amide bonds. The molecule has 5 heteroatoms. The first kappa shape index (κ1) is 13.1. The van der Waals surface area contributed by atoms with E-state index in [4.69, 9.17) is 0 Å². The van der Waals surface area contributed by atoms with E-state index in [2.05, 4.69) is 20.8 Å². The van der Waals surface area contributed by atoms with Gasteiger partial charge in [-0.25, -0.2) is 0 Å². The summed E-state index contributed by atoms with van der Waals surface area (Å²) in [6, 6.07) is 9.47. The van der Waals surface area contributed by atoms with Crippen molar-refractivity contribution < 1.29 is 4.79 Å². The molecule has 0 unspecified atom stereocenters. The van der Waals surface area contributed by atoms with Crippen molar-refractivity contribution in [2.24, 2.45) is 0 Å². The number of aromatic nitrogens is 2. The first-order chi connectivity index (χ1) is 9.15. The van der Waals surface area contributed by atoms with E-state index in [1.807, 2.05) is 44.2 Å². The van der Waals surface area contributed by atoms with Gasteiger partial charge >= 0.3 is 0 Å². The lowest BCUT2D eigenvalue weighted by Crippen LogP contribution is -2.29. The average molecular weight is 258 g/mol. The van der Waals surface area contributed by atoms with Gasteiger partial charge < -0.3 is 10.6 Å². The second kappa shape index (κ2) is 6.04. The summed E-state index contributed by atoms with van der Waals surface area (Å²) in [4.78, 5) is 11.8. The van der Waals surface area contributed by atoms with E-state index < -0.39 is 0 Å². The van der Waals surface area contributed by atoms with E-state index in [-0.39, 0.29) is 11.9 Å². The number of nitrogens with one attached hydrogen (secondary N) is 3. The van der Waals surface area contributed by atoms with Crippen LogP contribution in [-0.2, 0) is 6.54 Å². The summed E-state index contributed by atoms with van der Waals surface area (Å²) >= 11 is 0. The third kappa shape index (κ3) is 3.84. The molecule has 5 nitrogen and oxygen atoms in total. The van der Waals surface area contributed by atoms with Crippen LogP contribution >= 0.6 is 0 Å². The number of hydrogen-bond donors (Lipinski definition) is 3. The molecule has 3 N–H and O–H groups in total. The fourth-order valence-corrected chi connectivity index (χ4v) is 1.67. The number of carbonyl (C=O) groups excluding carboxylic acids is 1. The molecule has 1 aromatic heterocycles. The monoisotopic (exact) mass is 258 g/mol. The predicted octanol–water partition coefficient (Wildman–Crippen LogP) is 2.16. The molecule has 1 aromatic carbocycles. The third-order valence-corrected chi connectivity index (χ3v) is 2.61. The Bertz CT molecular complexity index is 517. The van der Waals surface area contributed by atoms with Crippen LogP contribution in [0.4, 0.5) is 5.69 Å². The summed E-state index contributed by atoms with van der Waals surface area (Å²) in [5.74, 6) is -0.0462. The van der Waals surface area contributed by atoms with Crippen molar-refractivity contribution in [3.8, 4) is 0 Å². The number of benzene rings is 1. The molecule has 0 bridgehead atoms. The number of H-pyrrole nitrogens is 1. The molecular weight excluding hydrogens is 240 g/mol. The molecular formula is C14H18N4O. The molecule has 100 valence electrons. The maximum absolute atomic E-state index is 11.8. The molecule has 0 spiro atoms. The van der Waals surface area contributed by atoms with E-state index >= 15 is 0 Å². The van der Waals surface area contributed by atoms with Gasteiger partial charge in [0.2, 0.25) is 0 Å². The van der Waals surface area contributed by atoms with E-state index in [0.717, 1.165) is 11.4 Å². The van der Waals surface area contributed by atoms with Crippen molar-refractivity contribution in [1.82, 2.24) is 15.5 Å². The molecule has 0 aliphatic heterocycles. The van der Waals surface area contributed by atoms with Crippen molar-refractivity contribution in [3.63, 3.8) is 0 Å². The van der Waals surface area contributed by atoms with Gasteiger partial charge in [0.15, 0.2) is 0 Å². The normalized spacial score (nSPS) is 10.5. The number of carbonyl (C=O) groups is 1. The standard InChI is InChI=1S/C14H18N4O/c1-10(2)17-14(19)11-3-5-12(6-4-11)15-9-13-7-8-16-18-13/h3-8,10,15H,9H2,1-2H3,(H,16,18)(H,17,19). The second-order valence-corrected chi connectivity index (χ2v) is 4.64.